The molecule has 20 heavy (non-hydrogen) atoms. The molecule has 0 saturated carbocycles. The Kier molecular flexibility index (Phi) is 4.78. The SMILES string of the molecule is Cc1ccc(C)c([C@@H]2CN(C(=O)CCN)[C@@H](C)CO2)c1. The summed E-state index contributed by atoms with van der Waals surface area (Å²) in [6.45, 7) is 7.78. The average molecular weight is 276 g/mol. The minimum absolute atomic E-state index is 0.0344. The molecule has 1 aromatic carbocycles. The molecule has 1 aliphatic rings. The van der Waals surface area contributed by atoms with Gasteiger partial charge in [-0.05, 0) is 31.9 Å². The fraction of sp³-hybridized carbons (Fsp3) is 0.562. The first-order chi connectivity index (χ1) is 9.52. The van der Waals surface area contributed by atoms with E-state index >= 15 is 0 Å². The lowest BCUT2D eigenvalue weighted by Crippen LogP contribution is -2.48. The Morgan fingerprint density at radius 2 is 2.20 bits per heavy atom. The van der Waals surface area contributed by atoms with Crippen molar-refractivity contribution >= 4 is 5.91 Å². The zero-order chi connectivity index (χ0) is 14.7. The van der Waals surface area contributed by atoms with Crippen LogP contribution in [0, 0.1) is 13.8 Å². The number of carbonyl (C=O) groups is 1. The molecule has 0 unspecified atom stereocenters. The first-order valence-electron chi connectivity index (χ1n) is 7.21. The second kappa shape index (κ2) is 6.37. The van der Waals surface area contributed by atoms with Gasteiger partial charge in [0, 0.05) is 13.0 Å². The van der Waals surface area contributed by atoms with Crippen LogP contribution in [0.1, 0.15) is 36.1 Å². The van der Waals surface area contributed by atoms with E-state index in [0.29, 0.717) is 26.1 Å². The van der Waals surface area contributed by atoms with Crippen LogP contribution in [-0.2, 0) is 9.53 Å². The zero-order valence-corrected chi connectivity index (χ0v) is 12.6. The van der Waals surface area contributed by atoms with Crippen LogP contribution in [0.5, 0.6) is 0 Å². The summed E-state index contributed by atoms with van der Waals surface area (Å²) in [6.07, 6.45) is 0.372. The molecule has 1 saturated heterocycles. The molecule has 2 atom stereocenters. The van der Waals surface area contributed by atoms with Gasteiger partial charge < -0.3 is 15.4 Å². The Morgan fingerprint density at radius 1 is 1.45 bits per heavy atom. The zero-order valence-electron chi connectivity index (χ0n) is 12.6. The van der Waals surface area contributed by atoms with Crippen molar-refractivity contribution in [3.8, 4) is 0 Å². The molecule has 0 spiro atoms. The van der Waals surface area contributed by atoms with E-state index < -0.39 is 0 Å². The standard InChI is InChI=1S/C16H24N2O2/c1-11-4-5-12(2)14(8-11)15-9-18(13(3)10-20-15)16(19)6-7-17/h4-5,8,13,15H,6-7,9-10,17H2,1-3H3/t13-,15-/m0/s1. The Balaban J connectivity index is 2.18. The molecule has 4 heteroatoms. The van der Waals surface area contributed by atoms with Gasteiger partial charge in [-0.3, -0.25) is 4.79 Å². The van der Waals surface area contributed by atoms with E-state index in [0.717, 1.165) is 0 Å². The molecule has 2 N–H and O–H groups in total. The molecule has 0 aliphatic carbocycles. The predicted molar refractivity (Wildman–Crippen MR) is 79.5 cm³/mol. The first-order valence-corrected chi connectivity index (χ1v) is 7.21. The molecular formula is C16H24N2O2. The number of nitrogens with zero attached hydrogens (tertiary/aromatic N) is 1. The van der Waals surface area contributed by atoms with Gasteiger partial charge in [-0.15, -0.1) is 0 Å². The van der Waals surface area contributed by atoms with Gasteiger partial charge in [0.2, 0.25) is 5.91 Å². The number of benzene rings is 1. The van der Waals surface area contributed by atoms with Crippen molar-refractivity contribution in [1.82, 2.24) is 4.90 Å². The molecule has 0 aromatic heterocycles. The van der Waals surface area contributed by atoms with Gasteiger partial charge in [0.05, 0.1) is 19.2 Å². The summed E-state index contributed by atoms with van der Waals surface area (Å²) in [4.78, 5) is 14.0. The number of rotatable bonds is 3. The van der Waals surface area contributed by atoms with Crippen LogP contribution in [-0.4, -0.2) is 36.5 Å². The summed E-state index contributed by atoms with van der Waals surface area (Å²) in [5, 5.41) is 0. The quantitative estimate of drug-likeness (QED) is 0.918. The topological polar surface area (TPSA) is 55.6 Å². The highest BCUT2D eigenvalue weighted by Gasteiger charge is 2.30. The Hall–Kier alpha value is -1.39. The molecule has 110 valence electrons. The lowest BCUT2D eigenvalue weighted by atomic mass is 9.98. The summed E-state index contributed by atoms with van der Waals surface area (Å²) >= 11 is 0. The van der Waals surface area contributed by atoms with E-state index in [1.165, 1.54) is 16.7 Å². The van der Waals surface area contributed by atoms with Crippen LogP contribution in [0.15, 0.2) is 18.2 Å². The van der Waals surface area contributed by atoms with Gasteiger partial charge in [-0.2, -0.15) is 0 Å². The van der Waals surface area contributed by atoms with Gasteiger partial charge in [-0.1, -0.05) is 23.8 Å². The second-order valence-corrected chi connectivity index (χ2v) is 5.62. The minimum atomic E-state index is -0.0344. The number of amides is 1. The second-order valence-electron chi connectivity index (χ2n) is 5.62. The number of carbonyl (C=O) groups excluding carboxylic acids is 1. The largest absolute Gasteiger partial charge is 0.370 e. The Bertz CT molecular complexity index is 487. The minimum Gasteiger partial charge on any atom is -0.370 e. The predicted octanol–water partition coefficient (Wildman–Crippen LogP) is 1.94. The van der Waals surface area contributed by atoms with Crippen molar-refractivity contribution in [2.24, 2.45) is 5.73 Å². The van der Waals surface area contributed by atoms with Crippen molar-refractivity contribution in [2.75, 3.05) is 19.7 Å². The molecule has 0 bridgehead atoms. The van der Waals surface area contributed by atoms with Crippen LogP contribution < -0.4 is 5.73 Å². The maximum Gasteiger partial charge on any atom is 0.224 e. The normalized spacial score (nSPS) is 22.9. The third-order valence-corrected chi connectivity index (χ3v) is 3.89. The van der Waals surface area contributed by atoms with E-state index in [4.69, 9.17) is 10.5 Å². The van der Waals surface area contributed by atoms with Crippen LogP contribution in [0.4, 0.5) is 0 Å². The highest BCUT2D eigenvalue weighted by atomic mass is 16.5. The van der Waals surface area contributed by atoms with Crippen molar-refractivity contribution in [2.45, 2.75) is 39.3 Å². The lowest BCUT2D eigenvalue weighted by Gasteiger charge is -2.38. The summed E-state index contributed by atoms with van der Waals surface area (Å²) in [5.74, 6) is 0.124. The Labute approximate surface area is 120 Å². The van der Waals surface area contributed by atoms with Crippen LogP contribution >= 0.6 is 0 Å². The van der Waals surface area contributed by atoms with Crippen LogP contribution in [0.3, 0.4) is 0 Å². The van der Waals surface area contributed by atoms with Crippen molar-refractivity contribution in [3.63, 3.8) is 0 Å². The molecular weight excluding hydrogens is 252 g/mol. The summed E-state index contributed by atoms with van der Waals surface area (Å²) in [5.41, 5.74) is 9.10. The van der Waals surface area contributed by atoms with Crippen LogP contribution in [0.2, 0.25) is 0 Å². The average Bonchev–Trinajstić information content (AvgIpc) is 2.42. The molecule has 4 nitrogen and oxygen atoms in total. The van der Waals surface area contributed by atoms with Gasteiger partial charge in [-0.25, -0.2) is 0 Å². The van der Waals surface area contributed by atoms with E-state index in [1.807, 2.05) is 11.8 Å². The number of morpholine rings is 1. The molecule has 1 aliphatic heterocycles. The molecule has 1 amide bonds. The van der Waals surface area contributed by atoms with Crippen molar-refractivity contribution in [3.05, 3.63) is 34.9 Å². The molecule has 1 fully saturated rings. The van der Waals surface area contributed by atoms with Crippen molar-refractivity contribution in [1.29, 1.82) is 0 Å². The van der Waals surface area contributed by atoms with E-state index in [9.17, 15) is 4.79 Å². The third-order valence-electron chi connectivity index (χ3n) is 3.89. The van der Waals surface area contributed by atoms with Crippen LogP contribution in [0.25, 0.3) is 0 Å². The van der Waals surface area contributed by atoms with Gasteiger partial charge in [0.15, 0.2) is 0 Å². The monoisotopic (exact) mass is 276 g/mol. The van der Waals surface area contributed by atoms with Crippen molar-refractivity contribution < 1.29 is 9.53 Å². The van der Waals surface area contributed by atoms with E-state index in [1.54, 1.807) is 0 Å². The number of nitrogens with two attached hydrogens (primary N) is 1. The third kappa shape index (κ3) is 3.19. The maximum absolute atomic E-state index is 12.1. The molecule has 1 aromatic rings. The Morgan fingerprint density at radius 3 is 2.90 bits per heavy atom. The fourth-order valence-corrected chi connectivity index (χ4v) is 2.67. The number of hydrogen-bond donors (Lipinski definition) is 1. The number of ether oxygens (including phenoxy) is 1. The van der Waals surface area contributed by atoms with Gasteiger partial charge in [0.25, 0.3) is 0 Å². The van der Waals surface area contributed by atoms with E-state index in [-0.39, 0.29) is 18.1 Å². The fourth-order valence-electron chi connectivity index (χ4n) is 2.67. The number of aryl methyl sites for hydroxylation is 2. The molecule has 0 radical (unpaired) electrons. The molecule has 2 rings (SSSR count). The van der Waals surface area contributed by atoms with E-state index in [2.05, 4.69) is 32.0 Å². The lowest BCUT2D eigenvalue weighted by molar-refractivity contribution is -0.144. The maximum atomic E-state index is 12.1. The summed E-state index contributed by atoms with van der Waals surface area (Å²) < 4.78 is 5.95. The number of hydrogen-bond acceptors (Lipinski definition) is 3. The molecule has 1 heterocycles. The summed E-state index contributed by atoms with van der Waals surface area (Å²) in [6, 6.07) is 6.48. The smallest absolute Gasteiger partial charge is 0.224 e. The highest BCUT2D eigenvalue weighted by Crippen LogP contribution is 2.28. The van der Waals surface area contributed by atoms with Gasteiger partial charge in [0.1, 0.15) is 6.10 Å². The van der Waals surface area contributed by atoms with Gasteiger partial charge >= 0.3 is 0 Å². The highest BCUT2D eigenvalue weighted by molar-refractivity contribution is 5.76. The first kappa shape index (κ1) is 15.0. The summed E-state index contributed by atoms with van der Waals surface area (Å²) in [7, 11) is 0.